The fraction of sp³-hybridized carbons (Fsp3) is 0.300. The first-order chi connectivity index (χ1) is 11.6. The molecule has 3 rings (SSSR count). The van der Waals surface area contributed by atoms with Gasteiger partial charge in [-0.25, -0.2) is 0 Å². The highest BCUT2D eigenvalue weighted by Gasteiger charge is 2.27. The van der Waals surface area contributed by atoms with Gasteiger partial charge in [0.25, 0.3) is 5.91 Å². The SMILES string of the molecule is CCC(=O)N1CCc2c(C(=O)NCc3ccccc3C)cccc21. The minimum absolute atomic E-state index is 0.0825. The van der Waals surface area contributed by atoms with Crippen LogP contribution in [0.3, 0.4) is 0 Å². The lowest BCUT2D eigenvalue weighted by Gasteiger charge is -2.17. The number of nitrogens with zero attached hydrogens (tertiary/aromatic N) is 1. The van der Waals surface area contributed by atoms with Gasteiger partial charge in [-0.1, -0.05) is 37.3 Å². The molecule has 0 aromatic heterocycles. The van der Waals surface area contributed by atoms with Gasteiger partial charge in [0.15, 0.2) is 0 Å². The highest BCUT2D eigenvalue weighted by Crippen LogP contribution is 2.31. The number of benzene rings is 2. The van der Waals surface area contributed by atoms with E-state index in [4.69, 9.17) is 0 Å². The van der Waals surface area contributed by atoms with Crippen LogP contribution in [0.4, 0.5) is 5.69 Å². The lowest BCUT2D eigenvalue weighted by Crippen LogP contribution is -2.27. The van der Waals surface area contributed by atoms with Crippen molar-refractivity contribution in [1.29, 1.82) is 0 Å². The largest absolute Gasteiger partial charge is 0.348 e. The lowest BCUT2D eigenvalue weighted by molar-refractivity contribution is -0.118. The molecule has 4 nitrogen and oxygen atoms in total. The number of hydrogen-bond acceptors (Lipinski definition) is 2. The second-order valence-electron chi connectivity index (χ2n) is 6.06. The predicted octanol–water partition coefficient (Wildman–Crippen LogP) is 3.22. The summed E-state index contributed by atoms with van der Waals surface area (Å²) in [6, 6.07) is 13.6. The molecule has 1 N–H and O–H groups in total. The summed E-state index contributed by atoms with van der Waals surface area (Å²) in [4.78, 5) is 26.4. The molecule has 1 aliphatic heterocycles. The number of aryl methyl sites for hydroxylation is 1. The fourth-order valence-electron chi connectivity index (χ4n) is 3.18. The number of amides is 2. The summed E-state index contributed by atoms with van der Waals surface area (Å²) in [6.45, 7) is 5.06. The first-order valence-corrected chi connectivity index (χ1v) is 8.36. The van der Waals surface area contributed by atoms with E-state index in [1.165, 1.54) is 0 Å². The first-order valence-electron chi connectivity index (χ1n) is 8.36. The van der Waals surface area contributed by atoms with E-state index in [2.05, 4.69) is 5.32 Å². The Bertz CT molecular complexity index is 783. The summed E-state index contributed by atoms with van der Waals surface area (Å²) in [5.41, 5.74) is 4.80. The van der Waals surface area contributed by atoms with Gasteiger partial charge in [-0.2, -0.15) is 0 Å². The van der Waals surface area contributed by atoms with Gasteiger partial charge in [0.2, 0.25) is 5.91 Å². The standard InChI is InChI=1S/C20H22N2O2/c1-3-19(23)22-12-11-16-17(9-6-10-18(16)22)20(24)21-13-15-8-5-4-7-14(15)2/h4-10H,3,11-13H2,1-2H3,(H,21,24). The van der Waals surface area contributed by atoms with Gasteiger partial charge >= 0.3 is 0 Å². The van der Waals surface area contributed by atoms with Crippen LogP contribution in [0.2, 0.25) is 0 Å². The van der Waals surface area contributed by atoms with Crippen LogP contribution in [0.1, 0.15) is 40.4 Å². The van der Waals surface area contributed by atoms with E-state index in [0.717, 1.165) is 28.8 Å². The van der Waals surface area contributed by atoms with Crippen LogP contribution in [0.25, 0.3) is 0 Å². The third kappa shape index (κ3) is 3.04. The number of nitrogens with one attached hydrogen (secondary N) is 1. The van der Waals surface area contributed by atoms with Crippen molar-refractivity contribution in [2.24, 2.45) is 0 Å². The normalized spacial score (nSPS) is 12.8. The Morgan fingerprint density at radius 3 is 2.67 bits per heavy atom. The molecule has 4 heteroatoms. The summed E-state index contributed by atoms with van der Waals surface area (Å²) >= 11 is 0. The maximum absolute atomic E-state index is 12.6. The number of hydrogen-bond donors (Lipinski definition) is 1. The van der Waals surface area contributed by atoms with Crippen LogP contribution >= 0.6 is 0 Å². The number of fused-ring (bicyclic) bond motifs is 1. The summed E-state index contributed by atoms with van der Waals surface area (Å²) in [5, 5.41) is 3.00. The van der Waals surface area contributed by atoms with E-state index in [9.17, 15) is 9.59 Å². The van der Waals surface area contributed by atoms with Gasteiger partial charge in [-0.15, -0.1) is 0 Å². The molecular weight excluding hydrogens is 300 g/mol. The third-order valence-electron chi connectivity index (χ3n) is 4.58. The Morgan fingerprint density at radius 2 is 1.92 bits per heavy atom. The maximum Gasteiger partial charge on any atom is 0.251 e. The molecule has 0 aliphatic carbocycles. The summed E-state index contributed by atoms with van der Waals surface area (Å²) in [7, 11) is 0. The van der Waals surface area contributed by atoms with Gasteiger partial charge in [0.05, 0.1) is 0 Å². The topological polar surface area (TPSA) is 49.4 Å². The van der Waals surface area contributed by atoms with Crippen LogP contribution < -0.4 is 10.2 Å². The summed E-state index contributed by atoms with van der Waals surface area (Å²) in [5.74, 6) is 0.0205. The molecule has 0 bridgehead atoms. The van der Waals surface area contributed by atoms with E-state index in [-0.39, 0.29) is 11.8 Å². The number of carbonyl (C=O) groups excluding carboxylic acids is 2. The van der Waals surface area contributed by atoms with Gasteiger partial charge in [0, 0.05) is 30.8 Å². The zero-order chi connectivity index (χ0) is 17.1. The Morgan fingerprint density at radius 1 is 1.12 bits per heavy atom. The van der Waals surface area contributed by atoms with Crippen LogP contribution in [0, 0.1) is 6.92 Å². The predicted molar refractivity (Wildman–Crippen MR) is 95.1 cm³/mol. The van der Waals surface area contributed by atoms with Crippen molar-refractivity contribution in [3.8, 4) is 0 Å². The molecule has 0 fully saturated rings. The number of carbonyl (C=O) groups is 2. The van der Waals surface area contributed by atoms with Crippen molar-refractivity contribution in [3.05, 3.63) is 64.7 Å². The average Bonchev–Trinajstić information content (AvgIpc) is 3.04. The van der Waals surface area contributed by atoms with Gasteiger partial charge in [-0.05, 0) is 42.2 Å². The Labute approximate surface area is 142 Å². The molecule has 24 heavy (non-hydrogen) atoms. The lowest BCUT2D eigenvalue weighted by atomic mass is 10.0. The quantitative estimate of drug-likeness (QED) is 0.939. The molecule has 0 saturated carbocycles. The van der Waals surface area contributed by atoms with Gasteiger partial charge in [0.1, 0.15) is 0 Å². The van der Waals surface area contributed by atoms with E-state index < -0.39 is 0 Å². The van der Waals surface area contributed by atoms with E-state index in [1.54, 1.807) is 4.90 Å². The average molecular weight is 322 g/mol. The third-order valence-corrected chi connectivity index (χ3v) is 4.58. The van der Waals surface area contributed by atoms with Gasteiger partial charge in [-0.3, -0.25) is 9.59 Å². The van der Waals surface area contributed by atoms with Crippen LogP contribution in [-0.2, 0) is 17.8 Å². The minimum atomic E-state index is -0.0825. The molecule has 0 radical (unpaired) electrons. The zero-order valence-electron chi connectivity index (χ0n) is 14.1. The smallest absolute Gasteiger partial charge is 0.251 e. The summed E-state index contributed by atoms with van der Waals surface area (Å²) < 4.78 is 0. The maximum atomic E-state index is 12.6. The fourth-order valence-corrected chi connectivity index (χ4v) is 3.18. The van der Waals surface area contributed by atoms with E-state index in [0.29, 0.717) is 25.1 Å². The van der Waals surface area contributed by atoms with Crippen molar-refractivity contribution < 1.29 is 9.59 Å². The van der Waals surface area contributed by atoms with Crippen molar-refractivity contribution in [2.75, 3.05) is 11.4 Å². The number of anilines is 1. The molecule has 0 spiro atoms. The van der Waals surface area contributed by atoms with Crippen molar-refractivity contribution in [3.63, 3.8) is 0 Å². The molecule has 124 valence electrons. The highest BCUT2D eigenvalue weighted by molar-refractivity contribution is 6.01. The molecule has 0 unspecified atom stereocenters. The molecule has 2 aromatic carbocycles. The second kappa shape index (κ2) is 6.87. The molecule has 2 amide bonds. The molecule has 1 aliphatic rings. The zero-order valence-corrected chi connectivity index (χ0v) is 14.1. The van der Waals surface area contributed by atoms with Crippen molar-refractivity contribution in [1.82, 2.24) is 5.32 Å². The van der Waals surface area contributed by atoms with Crippen molar-refractivity contribution >= 4 is 17.5 Å². The molecular formula is C20H22N2O2. The monoisotopic (exact) mass is 322 g/mol. The van der Waals surface area contributed by atoms with E-state index in [1.807, 2.05) is 56.3 Å². The Hall–Kier alpha value is -2.62. The first kappa shape index (κ1) is 16.2. The molecule has 2 aromatic rings. The Kier molecular flexibility index (Phi) is 4.65. The van der Waals surface area contributed by atoms with Gasteiger partial charge < -0.3 is 10.2 Å². The molecule has 0 atom stereocenters. The molecule has 0 saturated heterocycles. The highest BCUT2D eigenvalue weighted by atomic mass is 16.2. The van der Waals surface area contributed by atoms with Crippen molar-refractivity contribution in [2.45, 2.75) is 33.2 Å². The van der Waals surface area contributed by atoms with Crippen LogP contribution in [0.5, 0.6) is 0 Å². The van der Waals surface area contributed by atoms with Crippen LogP contribution in [0.15, 0.2) is 42.5 Å². The summed E-state index contributed by atoms with van der Waals surface area (Å²) in [6.07, 6.45) is 1.21. The van der Waals surface area contributed by atoms with Crippen LogP contribution in [-0.4, -0.2) is 18.4 Å². The Balaban J connectivity index is 1.78. The minimum Gasteiger partial charge on any atom is -0.348 e. The second-order valence-corrected chi connectivity index (χ2v) is 6.06. The molecule has 1 heterocycles. The van der Waals surface area contributed by atoms with E-state index >= 15 is 0 Å². The number of rotatable bonds is 4.